The monoisotopic (exact) mass is 665 g/mol. The molecule has 5 amide bonds. The van der Waals surface area contributed by atoms with Gasteiger partial charge in [0, 0.05) is 30.9 Å². The van der Waals surface area contributed by atoms with Crippen LogP contribution < -0.4 is 21.3 Å². The van der Waals surface area contributed by atoms with E-state index in [1.165, 1.54) is 18.6 Å². The van der Waals surface area contributed by atoms with Crippen LogP contribution in [0.3, 0.4) is 0 Å². The number of nitrogens with one attached hydrogen (secondary N) is 4. The third-order valence-corrected chi connectivity index (χ3v) is 11.8. The summed E-state index contributed by atoms with van der Waals surface area (Å²) < 4.78 is 0. The fourth-order valence-corrected chi connectivity index (χ4v) is 9.12. The van der Waals surface area contributed by atoms with Crippen molar-refractivity contribution >= 4 is 29.5 Å². The van der Waals surface area contributed by atoms with E-state index >= 15 is 0 Å². The van der Waals surface area contributed by atoms with Crippen molar-refractivity contribution in [2.45, 2.75) is 128 Å². The van der Waals surface area contributed by atoms with Crippen LogP contribution >= 0.6 is 0 Å². The average molecular weight is 666 g/mol. The molecule has 1 aromatic heterocycles. The van der Waals surface area contributed by atoms with Crippen LogP contribution in [0.2, 0.25) is 0 Å². The second kappa shape index (κ2) is 13.4. The Balaban J connectivity index is 1.23. The number of hydrogen-bond acceptors (Lipinski definition) is 8. The molecule has 5 fully saturated rings. The van der Waals surface area contributed by atoms with Crippen molar-refractivity contribution in [1.82, 2.24) is 36.1 Å². The largest absolute Gasteiger partial charge is 0.381 e. The molecular weight excluding hydrogens is 614 g/mol. The molecule has 0 bridgehead atoms. The van der Waals surface area contributed by atoms with Crippen LogP contribution in [0, 0.1) is 28.6 Å². The summed E-state index contributed by atoms with van der Waals surface area (Å²) in [6.07, 6.45) is 11.3. The van der Waals surface area contributed by atoms with Gasteiger partial charge in [0.05, 0.1) is 12.2 Å². The van der Waals surface area contributed by atoms with E-state index in [-0.39, 0.29) is 41.3 Å². The summed E-state index contributed by atoms with van der Waals surface area (Å²) in [6, 6.07) is -3.28. The Bertz CT molecular complexity index is 1410. The third-order valence-electron chi connectivity index (χ3n) is 11.8. The molecule has 5 aliphatic rings. The predicted octanol–water partition coefficient (Wildman–Crippen LogP) is 1.46. The zero-order valence-corrected chi connectivity index (χ0v) is 28.5. The summed E-state index contributed by atoms with van der Waals surface area (Å²) in [4.78, 5) is 78.5. The van der Waals surface area contributed by atoms with E-state index in [9.17, 15) is 29.1 Å². The average Bonchev–Trinajstić information content (AvgIpc) is 3.68. The SMILES string of the molecule is CCC12CC[C@H]3CN(C(=O)[C@@H](NC(=O)[C@@H](NC(=O)c4cnccn4)C4CCCCC4)C(C)(C)C)[C@H](C(=O)N[C@@H]1C(O)C(=O)NC1CC1)[C@H]32. The number of likely N-dealkylation sites (tertiary alicyclic amines) is 1. The molecule has 3 saturated carbocycles. The van der Waals surface area contributed by atoms with Crippen molar-refractivity contribution in [2.75, 3.05) is 6.54 Å². The first kappa shape index (κ1) is 34.3. The van der Waals surface area contributed by atoms with Crippen LogP contribution in [0.4, 0.5) is 0 Å². The van der Waals surface area contributed by atoms with E-state index in [1.54, 1.807) is 4.90 Å². The van der Waals surface area contributed by atoms with Gasteiger partial charge in [-0.15, -0.1) is 0 Å². The Kier molecular flexibility index (Phi) is 9.54. The van der Waals surface area contributed by atoms with Gasteiger partial charge in [0.25, 0.3) is 11.8 Å². The number of aromatic nitrogens is 2. The van der Waals surface area contributed by atoms with E-state index in [0.29, 0.717) is 13.0 Å². The molecule has 0 aromatic carbocycles. The van der Waals surface area contributed by atoms with Gasteiger partial charge < -0.3 is 31.3 Å². The van der Waals surface area contributed by atoms with Crippen molar-refractivity contribution in [3.05, 3.63) is 24.3 Å². The van der Waals surface area contributed by atoms with Gasteiger partial charge in [0.1, 0.15) is 23.8 Å². The Morgan fingerprint density at radius 1 is 1.04 bits per heavy atom. The van der Waals surface area contributed by atoms with Crippen LogP contribution in [0.1, 0.15) is 102 Å². The Morgan fingerprint density at radius 2 is 1.77 bits per heavy atom. The van der Waals surface area contributed by atoms with Crippen LogP contribution in [0.5, 0.6) is 0 Å². The second-order valence-electron chi connectivity index (χ2n) is 15.8. The van der Waals surface area contributed by atoms with Crippen molar-refractivity contribution in [3.63, 3.8) is 0 Å². The van der Waals surface area contributed by atoms with Gasteiger partial charge in [-0.2, -0.15) is 0 Å². The second-order valence-corrected chi connectivity index (χ2v) is 15.8. The molecule has 6 rings (SSSR count). The number of aliphatic hydroxyl groups excluding tert-OH is 1. The first-order chi connectivity index (χ1) is 22.9. The number of carbonyl (C=O) groups is 5. The highest BCUT2D eigenvalue weighted by atomic mass is 16.3. The summed E-state index contributed by atoms with van der Waals surface area (Å²) >= 11 is 0. The van der Waals surface area contributed by atoms with Gasteiger partial charge in [-0.3, -0.25) is 29.0 Å². The molecular formula is C35H51N7O6. The molecule has 13 nitrogen and oxygen atoms in total. The highest BCUT2D eigenvalue weighted by Gasteiger charge is 2.67. The lowest BCUT2D eigenvalue weighted by molar-refractivity contribution is -0.153. The number of aliphatic hydroxyl groups is 1. The normalized spacial score (nSPS) is 30.4. The van der Waals surface area contributed by atoms with E-state index in [4.69, 9.17) is 0 Å². The summed E-state index contributed by atoms with van der Waals surface area (Å²) in [5, 5.41) is 23.0. The van der Waals surface area contributed by atoms with E-state index < -0.39 is 58.8 Å². The third kappa shape index (κ3) is 6.42. The molecule has 2 saturated heterocycles. The van der Waals surface area contributed by atoms with Crippen LogP contribution in [0.15, 0.2) is 18.6 Å². The van der Waals surface area contributed by atoms with Crippen molar-refractivity contribution in [3.8, 4) is 0 Å². The van der Waals surface area contributed by atoms with Crippen LogP contribution in [-0.4, -0.2) is 92.4 Å². The molecule has 5 N–H and O–H groups in total. The molecule has 262 valence electrons. The highest BCUT2D eigenvalue weighted by Crippen LogP contribution is 2.59. The lowest BCUT2D eigenvalue weighted by atomic mass is 9.62. The maximum atomic E-state index is 14.6. The molecule has 1 aromatic rings. The predicted molar refractivity (Wildman–Crippen MR) is 175 cm³/mol. The van der Waals surface area contributed by atoms with E-state index in [0.717, 1.165) is 57.8 Å². The smallest absolute Gasteiger partial charge is 0.272 e. The lowest BCUT2D eigenvalue weighted by Crippen LogP contribution is -2.70. The van der Waals surface area contributed by atoms with Gasteiger partial charge in [0.2, 0.25) is 17.7 Å². The number of piperidine rings is 1. The number of carbonyl (C=O) groups excluding carboxylic acids is 5. The minimum atomic E-state index is -1.38. The molecule has 3 heterocycles. The molecule has 13 heteroatoms. The Labute approximate surface area is 282 Å². The number of hydrogen-bond donors (Lipinski definition) is 5. The Morgan fingerprint density at radius 3 is 2.40 bits per heavy atom. The quantitative estimate of drug-likeness (QED) is 0.249. The Hall–Kier alpha value is -3.61. The minimum absolute atomic E-state index is 0.0312. The highest BCUT2D eigenvalue weighted by molar-refractivity contribution is 5.98. The summed E-state index contributed by atoms with van der Waals surface area (Å²) in [7, 11) is 0. The van der Waals surface area contributed by atoms with Gasteiger partial charge >= 0.3 is 0 Å². The first-order valence-electron chi connectivity index (χ1n) is 17.8. The zero-order chi connectivity index (χ0) is 34.4. The molecule has 0 spiro atoms. The summed E-state index contributed by atoms with van der Waals surface area (Å²) in [5.74, 6) is -2.41. The van der Waals surface area contributed by atoms with Crippen molar-refractivity contribution in [1.29, 1.82) is 0 Å². The zero-order valence-electron chi connectivity index (χ0n) is 28.5. The van der Waals surface area contributed by atoms with Gasteiger partial charge in [0.15, 0.2) is 6.10 Å². The molecule has 2 aliphatic heterocycles. The standard InChI is InChI=1S/C35H51N7O6/c1-5-35-14-13-20-18-42(25(23(20)35)31(46)40-27(35)26(43)32(47)38-21-11-12-21)33(48)28(34(2,3)4)41-30(45)24(19-9-7-6-8-10-19)39-29(44)22-17-36-15-16-37-22/h15-17,19-21,23-28,43H,5-14,18H2,1-4H3,(H,38,47)(H,39,44)(H,40,46)(H,41,45)/t20-,23-,24-,25-,26?,27+,28+,35?/m0/s1. The topological polar surface area (TPSA) is 183 Å². The maximum Gasteiger partial charge on any atom is 0.272 e. The van der Waals surface area contributed by atoms with Gasteiger partial charge in [-0.1, -0.05) is 47.0 Å². The van der Waals surface area contributed by atoms with Crippen molar-refractivity contribution < 1.29 is 29.1 Å². The van der Waals surface area contributed by atoms with Crippen LogP contribution in [-0.2, 0) is 19.2 Å². The maximum absolute atomic E-state index is 14.6. The summed E-state index contributed by atoms with van der Waals surface area (Å²) in [6.45, 7) is 8.02. The number of amides is 5. The first-order valence-corrected chi connectivity index (χ1v) is 17.8. The summed E-state index contributed by atoms with van der Waals surface area (Å²) in [5.41, 5.74) is -1.16. The lowest BCUT2D eigenvalue weighted by Gasteiger charge is -2.50. The molecule has 0 radical (unpaired) electrons. The van der Waals surface area contributed by atoms with Crippen LogP contribution in [0.25, 0.3) is 0 Å². The van der Waals surface area contributed by atoms with Gasteiger partial charge in [-0.25, -0.2) is 4.98 Å². The fourth-order valence-electron chi connectivity index (χ4n) is 9.12. The molecule has 48 heavy (non-hydrogen) atoms. The van der Waals surface area contributed by atoms with E-state index in [2.05, 4.69) is 31.2 Å². The molecule has 3 aliphatic carbocycles. The molecule has 8 atom stereocenters. The van der Waals surface area contributed by atoms with Crippen molar-refractivity contribution in [2.24, 2.45) is 28.6 Å². The van der Waals surface area contributed by atoms with Gasteiger partial charge in [-0.05, 0) is 67.6 Å². The van der Waals surface area contributed by atoms with E-state index in [1.807, 2.05) is 27.7 Å². The fraction of sp³-hybridized carbons (Fsp3) is 0.743. The number of nitrogens with zero attached hydrogens (tertiary/aromatic N) is 3. The molecule has 2 unspecified atom stereocenters. The number of rotatable bonds is 10. The minimum Gasteiger partial charge on any atom is -0.381 e.